The van der Waals surface area contributed by atoms with Gasteiger partial charge < -0.3 is 10.6 Å². The minimum atomic E-state index is -3.46. The highest BCUT2D eigenvalue weighted by Gasteiger charge is 2.28. The summed E-state index contributed by atoms with van der Waals surface area (Å²) >= 11 is 0. The van der Waals surface area contributed by atoms with Crippen LogP contribution in [0.3, 0.4) is 0 Å². The van der Waals surface area contributed by atoms with E-state index >= 15 is 0 Å². The maximum absolute atomic E-state index is 12.2. The Balaban J connectivity index is 1.73. The van der Waals surface area contributed by atoms with Crippen molar-refractivity contribution < 1.29 is 13.2 Å². The average molecular weight is 309 g/mol. The van der Waals surface area contributed by atoms with E-state index in [2.05, 4.69) is 4.72 Å². The molecule has 1 saturated carbocycles. The molecule has 1 aliphatic carbocycles. The number of carbonyl (C=O) groups is 1. The van der Waals surface area contributed by atoms with Gasteiger partial charge in [-0.2, -0.15) is 0 Å². The molecule has 2 aliphatic rings. The molecule has 3 N–H and O–H groups in total. The first-order chi connectivity index (χ1) is 9.95. The third-order valence-electron chi connectivity index (χ3n) is 3.82. The zero-order valence-electron chi connectivity index (χ0n) is 11.7. The fourth-order valence-corrected chi connectivity index (χ4v) is 3.72. The smallest absolute Gasteiger partial charge is 0.253 e. The SMILES string of the molecule is N[C@@H]1CCN(C(=O)c2ccc(S(=O)(=O)NC3CC3)cc2)C1. The van der Waals surface area contributed by atoms with E-state index in [1.807, 2.05) is 0 Å². The number of amides is 1. The molecule has 1 heterocycles. The van der Waals surface area contributed by atoms with Gasteiger partial charge in [-0.15, -0.1) is 0 Å². The highest BCUT2D eigenvalue weighted by atomic mass is 32.2. The third-order valence-corrected chi connectivity index (χ3v) is 5.36. The monoisotopic (exact) mass is 309 g/mol. The Bertz CT molecular complexity index is 638. The molecule has 1 saturated heterocycles. The molecular weight excluding hydrogens is 290 g/mol. The summed E-state index contributed by atoms with van der Waals surface area (Å²) in [6.45, 7) is 1.21. The van der Waals surface area contributed by atoms with Crippen LogP contribution in [-0.4, -0.2) is 44.4 Å². The third kappa shape index (κ3) is 3.25. The van der Waals surface area contributed by atoms with Gasteiger partial charge in [0, 0.05) is 30.7 Å². The number of hydrogen-bond donors (Lipinski definition) is 2. The van der Waals surface area contributed by atoms with E-state index in [9.17, 15) is 13.2 Å². The first-order valence-electron chi connectivity index (χ1n) is 7.13. The summed E-state index contributed by atoms with van der Waals surface area (Å²) in [5.74, 6) is -0.0953. The molecule has 2 fully saturated rings. The highest BCUT2D eigenvalue weighted by molar-refractivity contribution is 7.89. The summed E-state index contributed by atoms with van der Waals surface area (Å²) in [6, 6.07) is 6.20. The summed E-state index contributed by atoms with van der Waals surface area (Å²) in [7, 11) is -3.46. The molecule has 0 unspecified atom stereocenters. The molecule has 1 aromatic rings. The van der Waals surface area contributed by atoms with E-state index in [4.69, 9.17) is 5.73 Å². The van der Waals surface area contributed by atoms with Crippen molar-refractivity contribution in [2.45, 2.75) is 36.2 Å². The second kappa shape index (κ2) is 5.40. The fraction of sp³-hybridized carbons (Fsp3) is 0.500. The number of rotatable bonds is 4. The second-order valence-corrected chi connectivity index (χ2v) is 7.43. The number of sulfonamides is 1. The van der Waals surface area contributed by atoms with Crippen molar-refractivity contribution in [1.29, 1.82) is 0 Å². The van der Waals surface area contributed by atoms with Crippen LogP contribution in [0.5, 0.6) is 0 Å². The van der Waals surface area contributed by atoms with Crippen molar-refractivity contribution in [3.8, 4) is 0 Å². The zero-order valence-corrected chi connectivity index (χ0v) is 12.5. The van der Waals surface area contributed by atoms with Crippen LogP contribution in [0.4, 0.5) is 0 Å². The van der Waals surface area contributed by atoms with Crippen molar-refractivity contribution in [3.05, 3.63) is 29.8 Å². The van der Waals surface area contributed by atoms with Crippen LogP contribution in [0, 0.1) is 0 Å². The highest BCUT2D eigenvalue weighted by Crippen LogP contribution is 2.22. The molecular formula is C14H19N3O3S. The molecule has 6 nitrogen and oxygen atoms in total. The molecule has 1 atom stereocenters. The van der Waals surface area contributed by atoms with Crippen LogP contribution in [0.2, 0.25) is 0 Å². The van der Waals surface area contributed by atoms with Gasteiger partial charge in [0.1, 0.15) is 0 Å². The molecule has 1 aliphatic heterocycles. The van der Waals surface area contributed by atoms with Crippen LogP contribution >= 0.6 is 0 Å². The number of carbonyl (C=O) groups excluding carboxylic acids is 1. The van der Waals surface area contributed by atoms with Gasteiger partial charge in [-0.3, -0.25) is 4.79 Å². The van der Waals surface area contributed by atoms with Gasteiger partial charge in [-0.1, -0.05) is 0 Å². The number of nitrogens with two attached hydrogens (primary N) is 1. The first-order valence-corrected chi connectivity index (χ1v) is 8.61. The standard InChI is InChI=1S/C14H19N3O3S/c15-11-7-8-17(9-11)14(18)10-1-5-13(6-2-10)21(19,20)16-12-3-4-12/h1-2,5-6,11-12,16H,3-4,7-9,15H2/t11-/m1/s1. The molecule has 3 rings (SSSR count). The largest absolute Gasteiger partial charge is 0.337 e. The summed E-state index contributed by atoms with van der Waals surface area (Å²) in [5.41, 5.74) is 6.29. The molecule has 0 bridgehead atoms. The van der Waals surface area contributed by atoms with Crippen LogP contribution < -0.4 is 10.5 Å². The van der Waals surface area contributed by atoms with Gasteiger partial charge >= 0.3 is 0 Å². The number of nitrogens with one attached hydrogen (secondary N) is 1. The lowest BCUT2D eigenvalue weighted by atomic mass is 10.2. The predicted octanol–water partition coefficient (Wildman–Crippen LogP) is 0.300. The van der Waals surface area contributed by atoms with Crippen molar-refractivity contribution in [3.63, 3.8) is 0 Å². The zero-order chi connectivity index (χ0) is 15.0. The Kier molecular flexibility index (Phi) is 3.73. The Labute approximate surface area is 124 Å². The Hall–Kier alpha value is -1.44. The Morgan fingerprint density at radius 1 is 1.19 bits per heavy atom. The average Bonchev–Trinajstić information content (AvgIpc) is 3.15. The van der Waals surface area contributed by atoms with Gasteiger partial charge in [0.05, 0.1) is 4.90 Å². The minimum absolute atomic E-state index is 0.0383. The number of benzene rings is 1. The van der Waals surface area contributed by atoms with Gasteiger partial charge in [0.15, 0.2) is 0 Å². The van der Waals surface area contributed by atoms with Crippen molar-refractivity contribution in [2.75, 3.05) is 13.1 Å². The lowest BCUT2D eigenvalue weighted by Gasteiger charge is -2.16. The number of nitrogens with zero attached hydrogens (tertiary/aromatic N) is 1. The molecule has 7 heteroatoms. The molecule has 0 radical (unpaired) electrons. The van der Waals surface area contributed by atoms with Crippen molar-refractivity contribution in [2.24, 2.45) is 5.73 Å². The van der Waals surface area contributed by atoms with Crippen LogP contribution in [0.1, 0.15) is 29.6 Å². The van der Waals surface area contributed by atoms with Gasteiger partial charge in [0.25, 0.3) is 5.91 Å². The maximum atomic E-state index is 12.2. The molecule has 21 heavy (non-hydrogen) atoms. The van der Waals surface area contributed by atoms with E-state index in [0.717, 1.165) is 19.3 Å². The molecule has 0 spiro atoms. The van der Waals surface area contributed by atoms with Gasteiger partial charge in [-0.25, -0.2) is 13.1 Å². The topological polar surface area (TPSA) is 92.5 Å². The van der Waals surface area contributed by atoms with E-state index in [-0.39, 0.29) is 22.9 Å². The molecule has 114 valence electrons. The van der Waals surface area contributed by atoms with E-state index in [0.29, 0.717) is 18.7 Å². The van der Waals surface area contributed by atoms with E-state index in [1.165, 1.54) is 12.1 Å². The summed E-state index contributed by atoms with van der Waals surface area (Å²) in [6.07, 6.45) is 2.60. The Morgan fingerprint density at radius 3 is 2.38 bits per heavy atom. The molecule has 0 aromatic heterocycles. The molecule has 1 aromatic carbocycles. The van der Waals surface area contributed by atoms with Crippen molar-refractivity contribution in [1.82, 2.24) is 9.62 Å². The van der Waals surface area contributed by atoms with Gasteiger partial charge in [-0.05, 0) is 43.5 Å². The minimum Gasteiger partial charge on any atom is -0.337 e. The fourth-order valence-electron chi connectivity index (χ4n) is 2.42. The molecule has 1 amide bonds. The maximum Gasteiger partial charge on any atom is 0.253 e. The summed E-state index contributed by atoms with van der Waals surface area (Å²) in [5, 5.41) is 0. The predicted molar refractivity (Wildman–Crippen MR) is 78.3 cm³/mol. The van der Waals surface area contributed by atoms with Crippen LogP contribution in [-0.2, 0) is 10.0 Å². The number of hydrogen-bond acceptors (Lipinski definition) is 4. The van der Waals surface area contributed by atoms with Crippen LogP contribution in [0.15, 0.2) is 29.2 Å². The number of likely N-dealkylation sites (tertiary alicyclic amines) is 1. The first kappa shape index (κ1) is 14.5. The van der Waals surface area contributed by atoms with E-state index < -0.39 is 10.0 Å². The van der Waals surface area contributed by atoms with Crippen LogP contribution in [0.25, 0.3) is 0 Å². The van der Waals surface area contributed by atoms with Crippen molar-refractivity contribution >= 4 is 15.9 Å². The normalized spacial score (nSPS) is 22.5. The summed E-state index contributed by atoms with van der Waals surface area (Å²) < 4.78 is 26.7. The Morgan fingerprint density at radius 2 is 1.86 bits per heavy atom. The second-order valence-electron chi connectivity index (χ2n) is 5.72. The summed E-state index contributed by atoms with van der Waals surface area (Å²) in [4.78, 5) is 14.1. The quantitative estimate of drug-likeness (QED) is 0.836. The van der Waals surface area contributed by atoms with E-state index in [1.54, 1.807) is 17.0 Å². The lowest BCUT2D eigenvalue weighted by Crippen LogP contribution is -2.32. The van der Waals surface area contributed by atoms with Gasteiger partial charge in [0.2, 0.25) is 10.0 Å². The lowest BCUT2D eigenvalue weighted by molar-refractivity contribution is 0.0791.